The molecule has 2 aliphatic rings. The van der Waals surface area contributed by atoms with E-state index in [9.17, 15) is 4.79 Å². The number of nitrogens with zero attached hydrogens (tertiary/aromatic N) is 3. The summed E-state index contributed by atoms with van der Waals surface area (Å²) in [5, 5.41) is 0. The summed E-state index contributed by atoms with van der Waals surface area (Å²) in [6, 6.07) is 2.11. The smallest absolute Gasteiger partial charge is 0.257 e. The summed E-state index contributed by atoms with van der Waals surface area (Å²) in [5.41, 5.74) is 6.86. The van der Waals surface area contributed by atoms with Crippen LogP contribution in [0.15, 0.2) is 18.5 Å². The maximum atomic E-state index is 12.5. The zero-order chi connectivity index (χ0) is 13.9. The Labute approximate surface area is 142 Å². The third-order valence-electron chi connectivity index (χ3n) is 4.10. The van der Waals surface area contributed by atoms with Crippen molar-refractivity contribution >= 4 is 36.4 Å². The average Bonchev–Trinajstić information content (AvgIpc) is 2.98. The lowest BCUT2D eigenvalue weighted by Crippen LogP contribution is -2.45. The van der Waals surface area contributed by atoms with Gasteiger partial charge in [0, 0.05) is 50.3 Å². The first-order valence-corrected chi connectivity index (χ1v) is 7.06. The third kappa shape index (κ3) is 4.01. The van der Waals surface area contributed by atoms with Crippen LogP contribution in [-0.4, -0.2) is 66.1 Å². The molecule has 22 heavy (non-hydrogen) atoms. The SMILES string of the molecule is Cl.Cl.Nc1ccncc1C(=O)N1CCC(N2CCOCC2)C1. The highest BCUT2D eigenvalue weighted by Crippen LogP contribution is 2.20. The molecule has 0 aromatic carbocycles. The number of aromatic nitrogens is 1. The fraction of sp³-hybridized carbons (Fsp3) is 0.571. The fourth-order valence-electron chi connectivity index (χ4n) is 2.92. The molecule has 0 radical (unpaired) electrons. The zero-order valence-corrected chi connectivity index (χ0v) is 13.9. The van der Waals surface area contributed by atoms with E-state index in [4.69, 9.17) is 10.5 Å². The predicted octanol–water partition coefficient (Wildman–Crippen LogP) is 1.05. The minimum Gasteiger partial charge on any atom is -0.398 e. The van der Waals surface area contributed by atoms with Crippen LogP contribution >= 0.6 is 24.8 Å². The van der Waals surface area contributed by atoms with Crippen molar-refractivity contribution in [3.63, 3.8) is 0 Å². The first-order valence-electron chi connectivity index (χ1n) is 7.06. The summed E-state index contributed by atoms with van der Waals surface area (Å²) in [6.07, 6.45) is 4.18. The number of rotatable bonds is 2. The molecular formula is C14H22Cl2N4O2. The molecular weight excluding hydrogens is 327 g/mol. The molecule has 8 heteroatoms. The monoisotopic (exact) mass is 348 g/mol. The summed E-state index contributed by atoms with van der Waals surface area (Å²) in [5.74, 6) is -0.00800. The molecule has 2 N–H and O–H groups in total. The van der Waals surface area contributed by atoms with Gasteiger partial charge in [0.15, 0.2) is 0 Å². The molecule has 1 atom stereocenters. The molecule has 124 valence electrons. The van der Waals surface area contributed by atoms with Gasteiger partial charge in [-0.05, 0) is 12.5 Å². The van der Waals surface area contributed by atoms with Crippen molar-refractivity contribution in [2.75, 3.05) is 45.1 Å². The molecule has 2 fully saturated rings. The Balaban J connectivity index is 0.00000121. The number of morpholine rings is 1. The summed E-state index contributed by atoms with van der Waals surface area (Å²) >= 11 is 0. The molecule has 3 rings (SSSR count). The Bertz CT molecular complexity index is 497. The second-order valence-corrected chi connectivity index (χ2v) is 5.30. The quantitative estimate of drug-likeness (QED) is 0.864. The summed E-state index contributed by atoms with van der Waals surface area (Å²) in [7, 11) is 0. The Hall–Kier alpha value is -1.08. The van der Waals surface area contributed by atoms with Crippen molar-refractivity contribution in [3.05, 3.63) is 24.0 Å². The van der Waals surface area contributed by atoms with Crippen LogP contribution in [-0.2, 0) is 4.74 Å². The van der Waals surface area contributed by atoms with Crippen LogP contribution in [0, 0.1) is 0 Å². The molecule has 1 unspecified atom stereocenters. The van der Waals surface area contributed by atoms with E-state index in [1.807, 2.05) is 4.90 Å². The molecule has 1 aromatic rings. The van der Waals surface area contributed by atoms with Crippen molar-refractivity contribution in [2.45, 2.75) is 12.5 Å². The van der Waals surface area contributed by atoms with E-state index in [0.717, 1.165) is 45.8 Å². The number of carbonyl (C=O) groups excluding carboxylic acids is 1. The average molecular weight is 349 g/mol. The van der Waals surface area contributed by atoms with Gasteiger partial charge in [-0.25, -0.2) is 0 Å². The Morgan fingerprint density at radius 1 is 1.27 bits per heavy atom. The van der Waals surface area contributed by atoms with Crippen molar-refractivity contribution in [1.82, 2.24) is 14.8 Å². The number of likely N-dealkylation sites (tertiary alicyclic amines) is 1. The number of nitrogen functional groups attached to an aromatic ring is 1. The number of halogens is 2. The second-order valence-electron chi connectivity index (χ2n) is 5.30. The first-order chi connectivity index (χ1) is 9.75. The van der Waals surface area contributed by atoms with E-state index < -0.39 is 0 Å². The molecule has 0 saturated carbocycles. The van der Waals surface area contributed by atoms with Gasteiger partial charge in [-0.2, -0.15) is 0 Å². The van der Waals surface area contributed by atoms with Crippen LogP contribution in [0.5, 0.6) is 0 Å². The van der Waals surface area contributed by atoms with Gasteiger partial charge in [0.1, 0.15) is 0 Å². The maximum absolute atomic E-state index is 12.5. The molecule has 0 spiro atoms. The second kappa shape index (κ2) is 8.53. The number of hydrogen-bond acceptors (Lipinski definition) is 5. The normalized spacial score (nSPS) is 21.8. The molecule has 0 aliphatic carbocycles. The lowest BCUT2D eigenvalue weighted by atomic mass is 10.2. The van der Waals surface area contributed by atoms with Gasteiger partial charge in [0.25, 0.3) is 5.91 Å². The van der Waals surface area contributed by atoms with Crippen LogP contribution < -0.4 is 5.73 Å². The third-order valence-corrected chi connectivity index (χ3v) is 4.10. The van der Waals surface area contributed by atoms with Crippen molar-refractivity contribution in [2.24, 2.45) is 0 Å². The van der Waals surface area contributed by atoms with Crippen LogP contribution in [0.1, 0.15) is 16.8 Å². The van der Waals surface area contributed by atoms with E-state index in [-0.39, 0.29) is 30.7 Å². The van der Waals surface area contributed by atoms with Crippen LogP contribution in [0.4, 0.5) is 5.69 Å². The number of carbonyl (C=O) groups is 1. The first kappa shape index (κ1) is 19.0. The molecule has 1 aromatic heterocycles. The van der Waals surface area contributed by atoms with E-state index in [2.05, 4.69) is 9.88 Å². The molecule has 0 bridgehead atoms. The summed E-state index contributed by atoms with van der Waals surface area (Å²) < 4.78 is 5.37. The van der Waals surface area contributed by atoms with Crippen molar-refractivity contribution < 1.29 is 9.53 Å². The van der Waals surface area contributed by atoms with E-state index in [1.165, 1.54) is 0 Å². The van der Waals surface area contributed by atoms with Crippen LogP contribution in [0.3, 0.4) is 0 Å². The molecule has 2 aliphatic heterocycles. The molecule has 6 nitrogen and oxygen atoms in total. The minimum absolute atomic E-state index is 0. The minimum atomic E-state index is -0.00800. The fourth-order valence-corrected chi connectivity index (χ4v) is 2.92. The summed E-state index contributed by atoms with van der Waals surface area (Å²) in [4.78, 5) is 20.8. The number of amides is 1. The van der Waals surface area contributed by atoms with Gasteiger partial charge in [0.2, 0.25) is 0 Å². The highest BCUT2D eigenvalue weighted by Gasteiger charge is 2.32. The Morgan fingerprint density at radius 3 is 2.68 bits per heavy atom. The number of nitrogens with two attached hydrogens (primary N) is 1. The maximum Gasteiger partial charge on any atom is 0.257 e. The molecule has 3 heterocycles. The Morgan fingerprint density at radius 2 is 2.00 bits per heavy atom. The van der Waals surface area contributed by atoms with Crippen molar-refractivity contribution in [1.29, 1.82) is 0 Å². The molecule has 1 amide bonds. The van der Waals surface area contributed by atoms with E-state index >= 15 is 0 Å². The number of pyridine rings is 1. The number of ether oxygens (including phenoxy) is 1. The lowest BCUT2D eigenvalue weighted by Gasteiger charge is -2.32. The van der Waals surface area contributed by atoms with Crippen LogP contribution in [0.2, 0.25) is 0 Å². The van der Waals surface area contributed by atoms with Gasteiger partial charge in [-0.15, -0.1) is 24.8 Å². The highest BCUT2D eigenvalue weighted by molar-refractivity contribution is 5.98. The van der Waals surface area contributed by atoms with Gasteiger partial charge in [-0.1, -0.05) is 0 Å². The van der Waals surface area contributed by atoms with Crippen LogP contribution in [0.25, 0.3) is 0 Å². The molecule has 2 saturated heterocycles. The number of hydrogen-bond donors (Lipinski definition) is 1. The van der Waals surface area contributed by atoms with Gasteiger partial charge in [0.05, 0.1) is 18.8 Å². The largest absolute Gasteiger partial charge is 0.398 e. The van der Waals surface area contributed by atoms with Gasteiger partial charge >= 0.3 is 0 Å². The lowest BCUT2D eigenvalue weighted by molar-refractivity contribution is 0.0185. The predicted molar refractivity (Wildman–Crippen MR) is 89.8 cm³/mol. The van der Waals surface area contributed by atoms with Gasteiger partial charge < -0.3 is 15.4 Å². The van der Waals surface area contributed by atoms with Gasteiger partial charge in [-0.3, -0.25) is 14.7 Å². The highest BCUT2D eigenvalue weighted by atomic mass is 35.5. The van der Waals surface area contributed by atoms with Crippen molar-refractivity contribution in [3.8, 4) is 0 Å². The Kier molecular flexibility index (Phi) is 7.35. The standard InChI is InChI=1S/C14H20N4O2.2ClH/c15-13-1-3-16-9-12(13)14(19)18-4-2-11(10-18)17-5-7-20-8-6-17;;/h1,3,9,11H,2,4-8,10H2,(H2,15,16);2*1H. The zero-order valence-electron chi connectivity index (χ0n) is 12.3. The topological polar surface area (TPSA) is 71.7 Å². The van der Waals surface area contributed by atoms with E-state index in [0.29, 0.717) is 17.3 Å². The van der Waals surface area contributed by atoms with E-state index in [1.54, 1.807) is 18.5 Å². The number of anilines is 1. The summed E-state index contributed by atoms with van der Waals surface area (Å²) in [6.45, 7) is 5.06.